The second-order valence-electron chi connectivity index (χ2n) is 6.45. The van der Waals surface area contributed by atoms with Gasteiger partial charge in [-0.25, -0.2) is 0 Å². The first-order valence-corrected chi connectivity index (χ1v) is 9.40. The van der Waals surface area contributed by atoms with Crippen molar-refractivity contribution >= 4 is 29.1 Å². The molecular formula is C21H21ClN2O4. The summed E-state index contributed by atoms with van der Waals surface area (Å²) in [4.78, 5) is 31.3. The fourth-order valence-corrected chi connectivity index (χ4v) is 3.45. The number of carbonyl (C=O) groups is 2. The highest BCUT2D eigenvalue weighted by atomic mass is 35.5. The number of hydrogen-bond acceptors (Lipinski definition) is 5. The second-order valence-corrected chi connectivity index (χ2v) is 6.85. The summed E-state index contributed by atoms with van der Waals surface area (Å²) >= 11 is 6.25. The van der Waals surface area contributed by atoms with E-state index in [1.165, 1.54) is 18.1 Å². The number of aromatic nitrogens is 1. The van der Waals surface area contributed by atoms with Gasteiger partial charge in [0.2, 0.25) is 0 Å². The van der Waals surface area contributed by atoms with Crippen LogP contribution in [0.4, 0.5) is 0 Å². The quantitative estimate of drug-likeness (QED) is 0.451. The molecule has 1 aromatic heterocycles. The zero-order valence-electron chi connectivity index (χ0n) is 15.7. The Kier molecular flexibility index (Phi) is 5.99. The highest BCUT2D eigenvalue weighted by Gasteiger charge is 2.46. The predicted molar refractivity (Wildman–Crippen MR) is 106 cm³/mol. The van der Waals surface area contributed by atoms with Crippen LogP contribution >= 0.6 is 11.6 Å². The number of aliphatic hydroxyl groups excluding tert-OH is 1. The zero-order chi connectivity index (χ0) is 20.3. The van der Waals surface area contributed by atoms with E-state index in [0.29, 0.717) is 18.0 Å². The Labute approximate surface area is 168 Å². The van der Waals surface area contributed by atoms with Crippen molar-refractivity contribution in [2.24, 2.45) is 0 Å². The van der Waals surface area contributed by atoms with Gasteiger partial charge >= 0.3 is 0 Å². The molecule has 1 amide bonds. The van der Waals surface area contributed by atoms with E-state index in [1.807, 2.05) is 6.92 Å². The monoisotopic (exact) mass is 400 g/mol. The number of benzene rings is 1. The van der Waals surface area contributed by atoms with Crippen molar-refractivity contribution in [2.75, 3.05) is 13.7 Å². The van der Waals surface area contributed by atoms with Crippen LogP contribution in [0, 0.1) is 0 Å². The second kappa shape index (κ2) is 8.44. The number of rotatable bonds is 6. The first kappa shape index (κ1) is 19.9. The summed E-state index contributed by atoms with van der Waals surface area (Å²) in [6, 6.07) is 9.24. The van der Waals surface area contributed by atoms with Gasteiger partial charge in [-0.3, -0.25) is 14.6 Å². The maximum absolute atomic E-state index is 12.8. The first-order chi connectivity index (χ1) is 13.5. The average molecular weight is 401 g/mol. The molecule has 1 aliphatic heterocycles. The van der Waals surface area contributed by atoms with Gasteiger partial charge in [-0.15, -0.1) is 0 Å². The minimum absolute atomic E-state index is 0.0186. The predicted octanol–water partition coefficient (Wildman–Crippen LogP) is 3.97. The molecule has 1 saturated heterocycles. The molecule has 0 bridgehead atoms. The Balaban J connectivity index is 2.19. The molecule has 1 atom stereocenters. The largest absolute Gasteiger partial charge is 0.507 e. The Morgan fingerprint density at radius 1 is 1.29 bits per heavy atom. The lowest BCUT2D eigenvalue weighted by Gasteiger charge is -2.24. The van der Waals surface area contributed by atoms with Crippen LogP contribution in [0.25, 0.3) is 5.76 Å². The summed E-state index contributed by atoms with van der Waals surface area (Å²) in [7, 11) is 1.49. The summed E-state index contributed by atoms with van der Waals surface area (Å²) in [5.74, 6) is -1.26. The molecule has 7 heteroatoms. The van der Waals surface area contributed by atoms with Gasteiger partial charge < -0.3 is 14.7 Å². The van der Waals surface area contributed by atoms with Gasteiger partial charge in [0.15, 0.2) is 0 Å². The van der Waals surface area contributed by atoms with Gasteiger partial charge in [0, 0.05) is 18.3 Å². The zero-order valence-corrected chi connectivity index (χ0v) is 16.4. The fraction of sp³-hybridized carbons (Fsp3) is 0.286. The highest BCUT2D eigenvalue weighted by Crippen LogP contribution is 2.40. The third kappa shape index (κ3) is 3.60. The van der Waals surface area contributed by atoms with Crippen LogP contribution in [0.1, 0.15) is 37.1 Å². The topological polar surface area (TPSA) is 79.7 Å². The van der Waals surface area contributed by atoms with E-state index in [-0.39, 0.29) is 21.9 Å². The van der Waals surface area contributed by atoms with Crippen LogP contribution in [-0.4, -0.2) is 40.3 Å². The van der Waals surface area contributed by atoms with E-state index in [9.17, 15) is 14.7 Å². The number of likely N-dealkylation sites (tertiary alicyclic amines) is 1. The number of unbranched alkanes of at least 4 members (excludes halogenated alkanes) is 1. The molecular weight excluding hydrogens is 380 g/mol. The lowest BCUT2D eigenvalue weighted by molar-refractivity contribution is -0.140. The molecule has 146 valence electrons. The molecule has 0 radical (unpaired) electrons. The van der Waals surface area contributed by atoms with Gasteiger partial charge in [-0.2, -0.15) is 0 Å². The lowest BCUT2D eigenvalue weighted by atomic mass is 9.98. The fourth-order valence-electron chi connectivity index (χ4n) is 3.24. The van der Waals surface area contributed by atoms with Crippen LogP contribution in [0.2, 0.25) is 5.02 Å². The lowest BCUT2D eigenvalue weighted by Crippen LogP contribution is -2.31. The van der Waals surface area contributed by atoms with Crippen LogP contribution in [0.15, 0.2) is 48.2 Å². The molecule has 1 unspecified atom stereocenters. The van der Waals surface area contributed by atoms with Crippen LogP contribution in [-0.2, 0) is 9.59 Å². The summed E-state index contributed by atoms with van der Waals surface area (Å²) in [5, 5.41) is 11.2. The minimum Gasteiger partial charge on any atom is -0.507 e. The molecule has 3 rings (SSSR count). The van der Waals surface area contributed by atoms with Crippen molar-refractivity contribution in [2.45, 2.75) is 25.8 Å². The number of ketones is 1. The van der Waals surface area contributed by atoms with Crippen LogP contribution in [0.5, 0.6) is 5.75 Å². The van der Waals surface area contributed by atoms with Gasteiger partial charge in [0.1, 0.15) is 17.6 Å². The number of carbonyl (C=O) groups excluding carboxylic acids is 2. The summed E-state index contributed by atoms with van der Waals surface area (Å²) < 4.78 is 5.19. The van der Waals surface area contributed by atoms with Crippen LogP contribution in [0.3, 0.4) is 0 Å². The molecule has 1 aliphatic rings. The molecule has 1 N–H and O–H groups in total. The van der Waals surface area contributed by atoms with Gasteiger partial charge in [-0.05, 0) is 36.8 Å². The number of pyridine rings is 1. The SMILES string of the molecule is CCCCN1C(=O)C(=O)/C(=C(/O)c2cc(OC)ccc2Cl)C1c1ccccn1. The molecule has 0 saturated carbocycles. The maximum atomic E-state index is 12.8. The van der Waals surface area contributed by atoms with E-state index in [0.717, 1.165) is 12.8 Å². The third-order valence-electron chi connectivity index (χ3n) is 4.69. The number of Topliss-reactive ketones (excluding diaryl/α,β-unsaturated/α-hetero) is 1. The minimum atomic E-state index is -0.769. The Bertz CT molecular complexity index is 927. The van der Waals surface area contributed by atoms with E-state index in [1.54, 1.807) is 36.5 Å². The Morgan fingerprint density at radius 2 is 2.07 bits per heavy atom. The van der Waals surface area contributed by atoms with Crippen molar-refractivity contribution in [3.63, 3.8) is 0 Å². The van der Waals surface area contributed by atoms with E-state index >= 15 is 0 Å². The Morgan fingerprint density at radius 3 is 2.71 bits per heavy atom. The number of nitrogens with zero attached hydrogens (tertiary/aromatic N) is 2. The molecule has 1 aromatic carbocycles. The summed E-state index contributed by atoms with van der Waals surface area (Å²) in [5.41, 5.74) is 0.726. The van der Waals surface area contributed by atoms with Crippen molar-refractivity contribution in [3.05, 3.63) is 64.4 Å². The maximum Gasteiger partial charge on any atom is 0.295 e. The number of hydrogen-bond donors (Lipinski definition) is 1. The van der Waals surface area contributed by atoms with E-state index in [2.05, 4.69) is 4.98 Å². The Hall–Kier alpha value is -2.86. The number of halogens is 1. The van der Waals surface area contributed by atoms with E-state index in [4.69, 9.17) is 16.3 Å². The van der Waals surface area contributed by atoms with Crippen molar-refractivity contribution in [1.29, 1.82) is 0 Å². The highest BCUT2D eigenvalue weighted by molar-refractivity contribution is 6.47. The van der Waals surface area contributed by atoms with Crippen molar-refractivity contribution in [3.8, 4) is 5.75 Å². The number of amides is 1. The summed E-state index contributed by atoms with van der Waals surface area (Å²) in [6.07, 6.45) is 3.18. The van der Waals surface area contributed by atoms with Gasteiger partial charge in [0.05, 0.1) is 23.4 Å². The standard InChI is InChI=1S/C21H21ClN2O4/c1-3-4-11-24-18(16-7-5-6-10-23-16)17(20(26)21(24)27)19(25)14-12-13(28-2)8-9-15(14)22/h5-10,12,18,25H,3-4,11H2,1-2H3/b19-17+. The number of methoxy groups -OCH3 is 1. The van der Waals surface area contributed by atoms with Crippen molar-refractivity contribution < 1.29 is 19.4 Å². The normalized spacial score (nSPS) is 18.5. The van der Waals surface area contributed by atoms with Crippen LogP contribution < -0.4 is 4.74 Å². The number of ether oxygens (including phenoxy) is 1. The smallest absolute Gasteiger partial charge is 0.295 e. The molecule has 0 aliphatic carbocycles. The van der Waals surface area contributed by atoms with Crippen molar-refractivity contribution in [1.82, 2.24) is 9.88 Å². The number of aliphatic hydroxyl groups is 1. The average Bonchev–Trinajstić information content (AvgIpc) is 2.97. The van der Waals surface area contributed by atoms with Gasteiger partial charge in [0.25, 0.3) is 11.7 Å². The molecule has 1 fully saturated rings. The molecule has 28 heavy (non-hydrogen) atoms. The van der Waals surface area contributed by atoms with E-state index < -0.39 is 17.7 Å². The molecule has 0 spiro atoms. The third-order valence-corrected chi connectivity index (χ3v) is 5.02. The molecule has 2 heterocycles. The summed E-state index contributed by atoms with van der Waals surface area (Å²) in [6.45, 7) is 2.40. The first-order valence-electron chi connectivity index (χ1n) is 9.02. The molecule has 2 aromatic rings. The molecule has 6 nitrogen and oxygen atoms in total. The van der Waals surface area contributed by atoms with Gasteiger partial charge in [-0.1, -0.05) is 31.0 Å².